The van der Waals surface area contributed by atoms with Gasteiger partial charge in [0.05, 0.1) is 5.75 Å². The molecule has 0 unspecified atom stereocenters. The number of halogens is 1. The van der Waals surface area contributed by atoms with Gasteiger partial charge >= 0.3 is 0 Å². The molecular formula is C9H9ClO2S. The van der Waals surface area contributed by atoms with Gasteiger partial charge in [-0.15, -0.1) is 0 Å². The van der Waals surface area contributed by atoms with Gasteiger partial charge < -0.3 is 0 Å². The highest BCUT2D eigenvalue weighted by Crippen LogP contribution is 2.15. The Bertz CT molecular complexity index is 409. The summed E-state index contributed by atoms with van der Waals surface area (Å²) in [5.74, 6) is -0.156. The predicted molar refractivity (Wildman–Crippen MR) is 55.0 cm³/mol. The Morgan fingerprint density at radius 3 is 2.54 bits per heavy atom. The maximum Gasteiger partial charge on any atom is 0.236 e. The van der Waals surface area contributed by atoms with Gasteiger partial charge in [0.25, 0.3) is 0 Å². The first-order chi connectivity index (χ1) is 6.03. The third-order valence-corrected chi connectivity index (χ3v) is 2.59. The maximum atomic E-state index is 10.8. The fourth-order valence-electron chi connectivity index (χ4n) is 1.05. The Hall–Kier alpha value is -0.800. The van der Waals surface area contributed by atoms with Crippen LogP contribution >= 0.6 is 10.7 Å². The Balaban J connectivity index is 3.08. The summed E-state index contributed by atoms with van der Waals surface area (Å²) in [6.07, 6.45) is 1.61. The number of hydrogen-bond donors (Lipinski definition) is 0. The molecule has 0 radical (unpaired) electrons. The van der Waals surface area contributed by atoms with E-state index >= 15 is 0 Å². The largest absolute Gasteiger partial charge is 0.236 e. The van der Waals surface area contributed by atoms with Gasteiger partial charge in [0.1, 0.15) is 0 Å². The minimum absolute atomic E-state index is 0.156. The minimum atomic E-state index is -3.49. The summed E-state index contributed by atoms with van der Waals surface area (Å²) in [5.41, 5.74) is 1.47. The average molecular weight is 217 g/mol. The zero-order valence-electron chi connectivity index (χ0n) is 6.90. The molecule has 0 aliphatic rings. The second-order valence-electron chi connectivity index (χ2n) is 2.59. The van der Waals surface area contributed by atoms with E-state index < -0.39 is 9.05 Å². The molecule has 0 saturated carbocycles. The highest BCUT2D eigenvalue weighted by atomic mass is 35.7. The zero-order chi connectivity index (χ0) is 9.90. The normalized spacial score (nSPS) is 11.2. The molecule has 0 saturated heterocycles. The van der Waals surface area contributed by atoms with E-state index in [1.807, 2.05) is 6.07 Å². The molecule has 0 N–H and O–H groups in total. The lowest BCUT2D eigenvalue weighted by Gasteiger charge is -2.02. The molecule has 1 rings (SSSR count). The van der Waals surface area contributed by atoms with Crippen LogP contribution in [0.15, 0.2) is 30.8 Å². The van der Waals surface area contributed by atoms with E-state index in [1.165, 1.54) is 0 Å². The molecule has 0 bridgehead atoms. The van der Waals surface area contributed by atoms with Gasteiger partial charge in [0, 0.05) is 10.7 Å². The van der Waals surface area contributed by atoms with Crippen LogP contribution in [0, 0.1) is 0 Å². The SMILES string of the molecule is C=Cc1ccccc1CS(=O)(=O)Cl. The molecule has 0 amide bonds. The molecule has 0 fully saturated rings. The molecule has 70 valence electrons. The van der Waals surface area contributed by atoms with Crippen molar-refractivity contribution in [3.05, 3.63) is 42.0 Å². The van der Waals surface area contributed by atoms with E-state index in [-0.39, 0.29) is 5.75 Å². The third-order valence-electron chi connectivity index (χ3n) is 1.60. The van der Waals surface area contributed by atoms with E-state index in [4.69, 9.17) is 10.7 Å². The van der Waals surface area contributed by atoms with Crippen molar-refractivity contribution in [1.29, 1.82) is 0 Å². The summed E-state index contributed by atoms with van der Waals surface area (Å²) in [4.78, 5) is 0. The standard InChI is InChI=1S/C9H9ClO2S/c1-2-8-5-3-4-6-9(8)7-13(10,11)12/h2-6H,1,7H2. The van der Waals surface area contributed by atoms with Crippen molar-refractivity contribution in [3.63, 3.8) is 0 Å². The van der Waals surface area contributed by atoms with Gasteiger partial charge in [0.2, 0.25) is 9.05 Å². The van der Waals surface area contributed by atoms with E-state index in [9.17, 15) is 8.42 Å². The fourth-order valence-corrected chi connectivity index (χ4v) is 2.04. The van der Waals surface area contributed by atoms with Crippen LogP contribution in [0.5, 0.6) is 0 Å². The minimum Gasteiger partial charge on any atom is -0.212 e. The molecule has 13 heavy (non-hydrogen) atoms. The quantitative estimate of drug-likeness (QED) is 0.728. The monoisotopic (exact) mass is 216 g/mol. The predicted octanol–water partition coefficient (Wildman–Crippen LogP) is 2.40. The molecule has 0 heterocycles. The Morgan fingerprint density at radius 1 is 1.38 bits per heavy atom. The molecule has 1 aromatic rings. The van der Waals surface area contributed by atoms with E-state index in [1.54, 1.807) is 24.3 Å². The van der Waals surface area contributed by atoms with Crippen molar-refractivity contribution >= 4 is 25.8 Å². The van der Waals surface area contributed by atoms with Crippen molar-refractivity contribution in [3.8, 4) is 0 Å². The van der Waals surface area contributed by atoms with Gasteiger partial charge in [-0.3, -0.25) is 0 Å². The first kappa shape index (κ1) is 10.3. The number of hydrogen-bond acceptors (Lipinski definition) is 2. The second kappa shape index (κ2) is 3.94. The molecule has 0 atom stereocenters. The molecule has 0 aliphatic heterocycles. The van der Waals surface area contributed by atoms with Crippen molar-refractivity contribution in [2.24, 2.45) is 0 Å². The van der Waals surface area contributed by atoms with Gasteiger partial charge in [-0.1, -0.05) is 36.9 Å². The van der Waals surface area contributed by atoms with Crippen LogP contribution in [-0.4, -0.2) is 8.42 Å². The fraction of sp³-hybridized carbons (Fsp3) is 0.111. The van der Waals surface area contributed by atoms with Gasteiger partial charge in [-0.25, -0.2) is 8.42 Å². The topological polar surface area (TPSA) is 34.1 Å². The van der Waals surface area contributed by atoms with Crippen LogP contribution in [0.3, 0.4) is 0 Å². The molecule has 0 aliphatic carbocycles. The van der Waals surface area contributed by atoms with Crippen LogP contribution in [0.2, 0.25) is 0 Å². The Kier molecular flexibility index (Phi) is 3.12. The van der Waals surface area contributed by atoms with Crippen LogP contribution in [0.1, 0.15) is 11.1 Å². The number of benzene rings is 1. The lowest BCUT2D eigenvalue weighted by molar-refractivity contribution is 0.609. The molecule has 0 aromatic heterocycles. The van der Waals surface area contributed by atoms with Gasteiger partial charge in [-0.05, 0) is 11.1 Å². The van der Waals surface area contributed by atoms with Gasteiger partial charge in [0.15, 0.2) is 0 Å². The van der Waals surface area contributed by atoms with Crippen LogP contribution in [0.4, 0.5) is 0 Å². The van der Waals surface area contributed by atoms with Crippen molar-refractivity contribution < 1.29 is 8.42 Å². The molecule has 1 aromatic carbocycles. The summed E-state index contributed by atoms with van der Waals surface area (Å²) in [5, 5.41) is 0. The third kappa shape index (κ3) is 3.20. The summed E-state index contributed by atoms with van der Waals surface area (Å²) in [6, 6.07) is 7.10. The van der Waals surface area contributed by atoms with Crippen LogP contribution < -0.4 is 0 Å². The molecular weight excluding hydrogens is 208 g/mol. The van der Waals surface area contributed by atoms with E-state index in [2.05, 4.69) is 6.58 Å². The molecule has 4 heteroatoms. The van der Waals surface area contributed by atoms with E-state index in [0.717, 1.165) is 5.56 Å². The lowest BCUT2D eigenvalue weighted by atomic mass is 10.1. The smallest absolute Gasteiger partial charge is 0.212 e. The zero-order valence-corrected chi connectivity index (χ0v) is 8.48. The maximum absolute atomic E-state index is 10.8. The van der Waals surface area contributed by atoms with Crippen molar-refractivity contribution in [2.45, 2.75) is 5.75 Å². The summed E-state index contributed by atoms with van der Waals surface area (Å²) >= 11 is 0. The Morgan fingerprint density at radius 2 is 2.00 bits per heavy atom. The highest BCUT2D eigenvalue weighted by Gasteiger charge is 2.08. The van der Waals surface area contributed by atoms with Crippen LogP contribution in [-0.2, 0) is 14.8 Å². The van der Waals surface area contributed by atoms with E-state index in [0.29, 0.717) is 5.56 Å². The van der Waals surface area contributed by atoms with Crippen LogP contribution in [0.25, 0.3) is 6.08 Å². The van der Waals surface area contributed by atoms with Crippen molar-refractivity contribution in [1.82, 2.24) is 0 Å². The van der Waals surface area contributed by atoms with Gasteiger partial charge in [-0.2, -0.15) is 0 Å². The second-order valence-corrected chi connectivity index (χ2v) is 5.36. The summed E-state index contributed by atoms with van der Waals surface area (Å²) in [7, 11) is 1.65. The number of rotatable bonds is 3. The summed E-state index contributed by atoms with van der Waals surface area (Å²) < 4.78 is 21.6. The molecule has 2 nitrogen and oxygen atoms in total. The lowest BCUT2D eigenvalue weighted by Crippen LogP contribution is -1.96. The Labute approximate surface area is 82.3 Å². The summed E-state index contributed by atoms with van der Waals surface area (Å²) in [6.45, 7) is 3.58. The first-order valence-corrected chi connectivity index (χ1v) is 6.13. The highest BCUT2D eigenvalue weighted by molar-refractivity contribution is 8.13. The molecule has 0 spiro atoms. The average Bonchev–Trinajstić information content (AvgIpc) is 2.02. The first-order valence-electron chi connectivity index (χ1n) is 3.65. The van der Waals surface area contributed by atoms with Crippen molar-refractivity contribution in [2.75, 3.05) is 0 Å².